The van der Waals surface area contributed by atoms with Crippen LogP contribution in [0.2, 0.25) is 0 Å². The third-order valence-electron chi connectivity index (χ3n) is 5.54. The number of alkyl halides is 3. The summed E-state index contributed by atoms with van der Waals surface area (Å²) in [4.78, 5) is 30.4. The van der Waals surface area contributed by atoms with Crippen LogP contribution < -0.4 is 15.4 Å². The molecule has 8 nitrogen and oxygen atoms in total. The molecule has 0 radical (unpaired) electrons. The second-order valence-electron chi connectivity index (χ2n) is 8.34. The van der Waals surface area contributed by atoms with Gasteiger partial charge in [0, 0.05) is 26.2 Å². The van der Waals surface area contributed by atoms with Crippen LogP contribution in [-0.4, -0.2) is 54.6 Å². The monoisotopic (exact) mass is 547 g/mol. The van der Waals surface area contributed by atoms with Crippen LogP contribution in [0.15, 0.2) is 46.3 Å². The number of rotatable bonds is 7. The largest absolute Gasteiger partial charge is 0.454 e. The van der Waals surface area contributed by atoms with E-state index in [0.717, 1.165) is 42.6 Å². The highest BCUT2D eigenvalue weighted by atomic mass is 32.2. The Hall–Kier alpha value is -3.89. The molecule has 0 saturated carbocycles. The standard InChI is InChI=1S/C25H21F4N5O3S/c26-18-11-15(2-5-20(18)37-19-4-3-16(13-30)10-17(19)25(27,28)29)12-21-23(36)33-24(38-21)32-6-1-8-34-9-7-31-22(35)14-34/h2-5,10-12H,1,6-9,14H2,(H,31,35)(H,32,33,36)/b21-12+. The van der Waals surface area contributed by atoms with Gasteiger partial charge in [0.1, 0.15) is 5.75 Å². The van der Waals surface area contributed by atoms with Crippen molar-refractivity contribution in [2.75, 3.05) is 32.7 Å². The summed E-state index contributed by atoms with van der Waals surface area (Å²) in [6.45, 7) is 2.89. The van der Waals surface area contributed by atoms with Crippen molar-refractivity contribution in [2.24, 2.45) is 4.99 Å². The minimum absolute atomic E-state index is 0.00713. The van der Waals surface area contributed by atoms with E-state index < -0.39 is 35.0 Å². The molecule has 13 heteroatoms. The summed E-state index contributed by atoms with van der Waals surface area (Å²) >= 11 is 1.09. The lowest BCUT2D eigenvalue weighted by molar-refractivity contribution is -0.138. The zero-order valence-electron chi connectivity index (χ0n) is 19.8. The van der Waals surface area contributed by atoms with Crippen molar-refractivity contribution in [3.63, 3.8) is 0 Å². The number of amides is 2. The minimum Gasteiger partial charge on any atom is -0.454 e. The van der Waals surface area contributed by atoms with E-state index in [0.29, 0.717) is 49.4 Å². The molecule has 0 aliphatic carbocycles. The molecule has 2 aromatic rings. The first-order chi connectivity index (χ1) is 18.1. The van der Waals surface area contributed by atoms with Gasteiger partial charge < -0.3 is 15.4 Å². The van der Waals surface area contributed by atoms with E-state index in [1.54, 1.807) is 6.07 Å². The van der Waals surface area contributed by atoms with Crippen molar-refractivity contribution in [1.29, 1.82) is 5.26 Å². The first kappa shape index (κ1) is 27.2. The van der Waals surface area contributed by atoms with Gasteiger partial charge in [0.05, 0.1) is 28.6 Å². The lowest BCUT2D eigenvalue weighted by Crippen LogP contribution is -2.47. The molecule has 2 aliphatic heterocycles. The first-order valence-electron chi connectivity index (χ1n) is 11.5. The summed E-state index contributed by atoms with van der Waals surface area (Å²) < 4.78 is 60.0. The van der Waals surface area contributed by atoms with Gasteiger partial charge in [-0.1, -0.05) is 6.07 Å². The quantitative estimate of drug-likeness (QED) is 0.310. The van der Waals surface area contributed by atoms with Gasteiger partial charge in [0.2, 0.25) is 5.91 Å². The van der Waals surface area contributed by atoms with Crippen molar-refractivity contribution >= 4 is 34.8 Å². The molecule has 4 rings (SSSR count). The number of piperazine rings is 1. The normalized spacial score (nSPS) is 18.4. The smallest absolute Gasteiger partial charge is 0.420 e. The van der Waals surface area contributed by atoms with Crippen molar-refractivity contribution in [3.8, 4) is 17.6 Å². The molecule has 2 amide bonds. The molecule has 2 fully saturated rings. The van der Waals surface area contributed by atoms with E-state index in [1.165, 1.54) is 12.1 Å². The molecular formula is C25H21F4N5O3S. The second kappa shape index (κ2) is 11.7. The number of thioether (sulfide) groups is 1. The number of nitrogens with zero attached hydrogens (tertiary/aromatic N) is 3. The predicted octanol–water partition coefficient (Wildman–Crippen LogP) is 3.89. The Labute approximate surface area is 219 Å². The van der Waals surface area contributed by atoms with Crippen LogP contribution in [0.3, 0.4) is 0 Å². The second-order valence-corrected chi connectivity index (χ2v) is 9.37. The number of halogens is 4. The average Bonchev–Trinajstić information content (AvgIpc) is 3.21. The van der Waals surface area contributed by atoms with Crippen LogP contribution in [0.5, 0.6) is 11.5 Å². The molecule has 2 aliphatic rings. The number of aliphatic imine (C=N–C) groups is 1. The number of hydrogen-bond donors (Lipinski definition) is 2. The number of nitriles is 1. The summed E-state index contributed by atoms with van der Waals surface area (Å²) in [6, 6.07) is 7.96. The summed E-state index contributed by atoms with van der Waals surface area (Å²) in [6.07, 6.45) is -2.67. The SMILES string of the molecule is N#Cc1ccc(Oc2ccc(/C=C3/SC(=NCCCN4CCNC(=O)C4)NC3=O)cc2F)c(C(F)(F)F)c1. The number of hydrogen-bond acceptors (Lipinski definition) is 7. The molecule has 2 saturated heterocycles. The molecule has 2 heterocycles. The Balaban J connectivity index is 1.39. The highest BCUT2D eigenvalue weighted by Gasteiger charge is 2.35. The molecule has 0 aromatic heterocycles. The Kier molecular flexibility index (Phi) is 8.33. The maximum Gasteiger partial charge on any atom is 0.420 e. The van der Waals surface area contributed by atoms with E-state index in [9.17, 15) is 27.2 Å². The fourth-order valence-corrected chi connectivity index (χ4v) is 4.57. The van der Waals surface area contributed by atoms with Crippen molar-refractivity contribution < 1.29 is 31.9 Å². The van der Waals surface area contributed by atoms with E-state index in [4.69, 9.17) is 10.00 Å². The maximum absolute atomic E-state index is 14.7. The zero-order chi connectivity index (χ0) is 27.3. The molecular weight excluding hydrogens is 526 g/mol. The Bertz CT molecular complexity index is 1350. The fraction of sp³-hybridized carbons (Fsp3) is 0.280. The van der Waals surface area contributed by atoms with Gasteiger partial charge in [-0.2, -0.15) is 18.4 Å². The summed E-state index contributed by atoms with van der Waals surface area (Å²) in [5.41, 5.74) is -1.11. The lowest BCUT2D eigenvalue weighted by atomic mass is 10.1. The van der Waals surface area contributed by atoms with Gasteiger partial charge in [-0.25, -0.2) is 4.39 Å². The molecule has 0 bridgehead atoms. The molecule has 2 aromatic carbocycles. The molecule has 198 valence electrons. The van der Waals surface area contributed by atoms with Crippen LogP contribution in [0.25, 0.3) is 6.08 Å². The zero-order valence-corrected chi connectivity index (χ0v) is 20.6. The Morgan fingerprint density at radius 2 is 1.97 bits per heavy atom. The predicted molar refractivity (Wildman–Crippen MR) is 133 cm³/mol. The van der Waals surface area contributed by atoms with E-state index >= 15 is 0 Å². The highest BCUT2D eigenvalue weighted by Crippen LogP contribution is 2.39. The van der Waals surface area contributed by atoms with Crippen LogP contribution in [0.4, 0.5) is 17.6 Å². The van der Waals surface area contributed by atoms with Crippen LogP contribution in [0.1, 0.15) is 23.1 Å². The number of carbonyl (C=O) groups is 2. The number of nitrogens with one attached hydrogen (secondary N) is 2. The number of carbonyl (C=O) groups excluding carboxylic acids is 2. The lowest BCUT2D eigenvalue weighted by Gasteiger charge is -2.25. The van der Waals surface area contributed by atoms with E-state index in [2.05, 4.69) is 15.6 Å². The van der Waals surface area contributed by atoms with Crippen molar-refractivity contribution in [2.45, 2.75) is 12.6 Å². The van der Waals surface area contributed by atoms with Gasteiger partial charge in [-0.3, -0.25) is 19.5 Å². The van der Waals surface area contributed by atoms with E-state index in [1.807, 2.05) is 4.90 Å². The number of ether oxygens (including phenoxy) is 1. The number of amidine groups is 1. The number of benzene rings is 2. The van der Waals surface area contributed by atoms with Crippen molar-refractivity contribution in [1.82, 2.24) is 15.5 Å². The van der Waals surface area contributed by atoms with Crippen LogP contribution in [-0.2, 0) is 15.8 Å². The first-order valence-corrected chi connectivity index (χ1v) is 12.3. The minimum atomic E-state index is -4.81. The van der Waals surface area contributed by atoms with Gasteiger partial charge in [0.15, 0.2) is 16.7 Å². The van der Waals surface area contributed by atoms with Gasteiger partial charge in [-0.05, 0) is 60.2 Å². The molecule has 0 unspecified atom stereocenters. The average molecular weight is 548 g/mol. The fourth-order valence-electron chi connectivity index (χ4n) is 3.73. The van der Waals surface area contributed by atoms with E-state index in [-0.39, 0.29) is 16.4 Å². The Morgan fingerprint density at radius 3 is 2.68 bits per heavy atom. The summed E-state index contributed by atoms with van der Waals surface area (Å²) in [5, 5.41) is 14.7. The maximum atomic E-state index is 14.7. The van der Waals surface area contributed by atoms with Crippen LogP contribution >= 0.6 is 11.8 Å². The summed E-state index contributed by atoms with van der Waals surface area (Å²) in [5.74, 6) is -2.43. The summed E-state index contributed by atoms with van der Waals surface area (Å²) in [7, 11) is 0. The molecule has 0 spiro atoms. The third kappa shape index (κ3) is 6.90. The Morgan fingerprint density at radius 1 is 1.18 bits per heavy atom. The van der Waals surface area contributed by atoms with Crippen LogP contribution in [0, 0.1) is 17.1 Å². The third-order valence-corrected chi connectivity index (χ3v) is 6.49. The van der Waals surface area contributed by atoms with Gasteiger partial charge >= 0.3 is 6.18 Å². The topological polar surface area (TPSA) is 107 Å². The molecule has 0 atom stereocenters. The van der Waals surface area contributed by atoms with Crippen molar-refractivity contribution in [3.05, 3.63) is 63.8 Å². The molecule has 2 N–H and O–H groups in total. The van der Waals surface area contributed by atoms with Gasteiger partial charge in [0.25, 0.3) is 5.91 Å². The highest BCUT2D eigenvalue weighted by molar-refractivity contribution is 8.18. The molecule has 38 heavy (non-hydrogen) atoms. The van der Waals surface area contributed by atoms with Gasteiger partial charge in [-0.15, -0.1) is 0 Å².